The van der Waals surface area contributed by atoms with Crippen molar-refractivity contribution in [2.45, 2.75) is 31.8 Å². The van der Waals surface area contributed by atoms with Gasteiger partial charge in [-0.2, -0.15) is 4.98 Å². The van der Waals surface area contributed by atoms with Gasteiger partial charge in [-0.05, 0) is 38.7 Å². The van der Waals surface area contributed by atoms with Crippen molar-refractivity contribution in [3.8, 4) is 5.75 Å². The number of carbonyl (C=O) groups is 1. The number of carbonyl (C=O) groups excluding carboxylic acids is 1. The average Bonchev–Trinajstić information content (AvgIpc) is 3.09. The van der Waals surface area contributed by atoms with Crippen LogP contribution in [0.2, 0.25) is 0 Å². The van der Waals surface area contributed by atoms with Gasteiger partial charge in [0.25, 0.3) is 5.78 Å². The number of benzene rings is 1. The fourth-order valence-corrected chi connectivity index (χ4v) is 3.10. The lowest BCUT2D eigenvalue weighted by Gasteiger charge is -2.11. The molecule has 7 nitrogen and oxygen atoms in total. The van der Waals surface area contributed by atoms with Crippen LogP contribution in [0.3, 0.4) is 0 Å². The number of amides is 1. The maximum absolute atomic E-state index is 12.3. The monoisotopic (exact) mass is 385 g/mol. The van der Waals surface area contributed by atoms with Crippen molar-refractivity contribution in [3.63, 3.8) is 0 Å². The second-order valence-corrected chi connectivity index (χ2v) is 6.89. The summed E-state index contributed by atoms with van der Waals surface area (Å²) >= 11 is 1.47. The van der Waals surface area contributed by atoms with Gasteiger partial charge in [0, 0.05) is 23.5 Å². The molecule has 0 radical (unpaired) electrons. The molecule has 0 saturated heterocycles. The number of ether oxygens (including phenoxy) is 1. The largest absolute Gasteiger partial charge is 0.494 e. The normalized spacial score (nSPS) is 10.9. The molecule has 0 aliphatic heterocycles. The smallest absolute Gasteiger partial charge is 0.253 e. The topological polar surface area (TPSA) is 81.4 Å². The number of fused-ring (bicyclic) bond motifs is 1. The van der Waals surface area contributed by atoms with Crippen molar-refractivity contribution < 1.29 is 9.53 Å². The van der Waals surface area contributed by atoms with Gasteiger partial charge >= 0.3 is 0 Å². The number of rotatable bonds is 8. The Hall–Kier alpha value is -2.61. The Bertz CT molecular complexity index is 927. The molecule has 2 heterocycles. The van der Waals surface area contributed by atoms with Crippen molar-refractivity contribution in [2.24, 2.45) is 0 Å². The maximum atomic E-state index is 12.3. The maximum Gasteiger partial charge on any atom is 0.253 e. The first-order valence-corrected chi connectivity index (χ1v) is 10.0. The molecule has 0 fully saturated rings. The first kappa shape index (κ1) is 19.2. The van der Waals surface area contributed by atoms with Crippen molar-refractivity contribution >= 4 is 23.4 Å². The Labute approximate surface area is 162 Å². The molecule has 0 aliphatic carbocycles. The van der Waals surface area contributed by atoms with Gasteiger partial charge in [-0.1, -0.05) is 30.0 Å². The fourth-order valence-electron chi connectivity index (χ4n) is 2.76. The molecule has 0 saturated carbocycles. The second-order valence-electron chi connectivity index (χ2n) is 6.11. The van der Waals surface area contributed by atoms with E-state index in [1.54, 1.807) is 4.52 Å². The third-order valence-corrected chi connectivity index (χ3v) is 4.74. The summed E-state index contributed by atoms with van der Waals surface area (Å²) in [5.74, 6) is 1.37. The highest BCUT2D eigenvalue weighted by Crippen LogP contribution is 2.17. The number of thioether (sulfide) groups is 1. The minimum atomic E-state index is -0.0349. The van der Waals surface area contributed by atoms with E-state index in [1.807, 2.05) is 50.4 Å². The molecule has 1 amide bonds. The highest BCUT2D eigenvalue weighted by molar-refractivity contribution is 7.98. The third kappa shape index (κ3) is 4.77. The molecule has 0 unspecified atom stereocenters. The fraction of sp³-hybridized carbons (Fsp3) is 0.368. The summed E-state index contributed by atoms with van der Waals surface area (Å²) in [5, 5.41) is 8.02. The molecule has 8 heteroatoms. The predicted octanol–water partition coefficient (Wildman–Crippen LogP) is 2.59. The number of nitrogens with one attached hydrogen (secondary N) is 1. The summed E-state index contributed by atoms with van der Waals surface area (Å²) in [5.41, 5.74) is 2.59. The van der Waals surface area contributed by atoms with E-state index in [9.17, 15) is 4.79 Å². The number of aromatic nitrogens is 4. The van der Waals surface area contributed by atoms with Gasteiger partial charge in [-0.25, -0.2) is 9.50 Å². The zero-order chi connectivity index (χ0) is 19.2. The molecule has 0 aliphatic rings. The van der Waals surface area contributed by atoms with Crippen molar-refractivity contribution in [1.82, 2.24) is 24.9 Å². The van der Waals surface area contributed by atoms with Gasteiger partial charge in [0.15, 0.2) is 0 Å². The number of aryl methyl sites for hydroxylation is 2. The molecule has 3 rings (SSSR count). The van der Waals surface area contributed by atoms with Crippen LogP contribution in [0, 0.1) is 13.8 Å². The van der Waals surface area contributed by atoms with E-state index in [0.29, 0.717) is 24.1 Å². The van der Waals surface area contributed by atoms with Gasteiger partial charge in [0.1, 0.15) is 5.75 Å². The average molecular weight is 385 g/mol. The lowest BCUT2D eigenvalue weighted by molar-refractivity contribution is -0.120. The van der Waals surface area contributed by atoms with Crippen LogP contribution in [-0.4, -0.2) is 44.9 Å². The van der Waals surface area contributed by atoms with Crippen LogP contribution in [0.1, 0.15) is 23.4 Å². The summed E-state index contributed by atoms with van der Waals surface area (Å²) in [6.07, 6.45) is 2.94. The summed E-state index contributed by atoms with van der Waals surface area (Å²) < 4.78 is 7.33. The van der Waals surface area contributed by atoms with Crippen LogP contribution in [0.15, 0.2) is 35.5 Å². The second kappa shape index (κ2) is 8.85. The summed E-state index contributed by atoms with van der Waals surface area (Å²) in [6, 6.07) is 9.65. The Kier molecular flexibility index (Phi) is 6.28. The minimum Gasteiger partial charge on any atom is -0.494 e. The standard InChI is InChI=1S/C19H23N5O2S/c1-13-16(14(2)24-18(21-13)22-19(23-24)27-3)12-17(25)20-10-7-11-26-15-8-5-4-6-9-15/h4-6,8-9H,7,10-12H2,1-3H3,(H,20,25). The number of hydrogen-bond acceptors (Lipinski definition) is 6. The zero-order valence-electron chi connectivity index (χ0n) is 15.7. The molecule has 27 heavy (non-hydrogen) atoms. The highest BCUT2D eigenvalue weighted by atomic mass is 32.2. The Morgan fingerprint density at radius 1 is 1.22 bits per heavy atom. The molecule has 1 aromatic carbocycles. The Balaban J connectivity index is 1.53. The van der Waals surface area contributed by atoms with E-state index in [0.717, 1.165) is 29.1 Å². The highest BCUT2D eigenvalue weighted by Gasteiger charge is 2.15. The third-order valence-electron chi connectivity index (χ3n) is 4.20. The molecule has 0 atom stereocenters. The van der Waals surface area contributed by atoms with E-state index < -0.39 is 0 Å². The van der Waals surface area contributed by atoms with Gasteiger partial charge in [0.05, 0.1) is 13.0 Å². The summed E-state index contributed by atoms with van der Waals surface area (Å²) in [6.45, 7) is 4.97. The summed E-state index contributed by atoms with van der Waals surface area (Å²) in [7, 11) is 0. The lowest BCUT2D eigenvalue weighted by atomic mass is 10.1. The molecular formula is C19H23N5O2S. The first-order chi connectivity index (χ1) is 13.1. The quantitative estimate of drug-likeness (QED) is 0.474. The zero-order valence-corrected chi connectivity index (χ0v) is 16.5. The van der Waals surface area contributed by atoms with E-state index in [2.05, 4.69) is 20.4 Å². The lowest BCUT2D eigenvalue weighted by Crippen LogP contribution is -2.28. The van der Waals surface area contributed by atoms with Crippen LogP contribution in [0.5, 0.6) is 5.75 Å². The first-order valence-electron chi connectivity index (χ1n) is 8.80. The molecule has 3 aromatic rings. The van der Waals surface area contributed by atoms with Crippen molar-refractivity contribution in [2.75, 3.05) is 19.4 Å². The van der Waals surface area contributed by atoms with Gasteiger partial charge in [0.2, 0.25) is 11.1 Å². The Morgan fingerprint density at radius 2 is 2.00 bits per heavy atom. The van der Waals surface area contributed by atoms with E-state index in [1.165, 1.54) is 11.8 Å². The van der Waals surface area contributed by atoms with E-state index >= 15 is 0 Å². The van der Waals surface area contributed by atoms with Crippen LogP contribution < -0.4 is 10.1 Å². The molecular weight excluding hydrogens is 362 g/mol. The number of hydrogen-bond donors (Lipinski definition) is 1. The number of nitrogens with zero attached hydrogens (tertiary/aromatic N) is 4. The minimum absolute atomic E-state index is 0.0349. The van der Waals surface area contributed by atoms with E-state index in [-0.39, 0.29) is 12.3 Å². The molecule has 0 spiro atoms. The van der Waals surface area contributed by atoms with Crippen LogP contribution in [0.4, 0.5) is 0 Å². The molecule has 2 aromatic heterocycles. The Morgan fingerprint density at radius 3 is 2.74 bits per heavy atom. The van der Waals surface area contributed by atoms with Crippen molar-refractivity contribution in [1.29, 1.82) is 0 Å². The van der Waals surface area contributed by atoms with Crippen LogP contribution in [-0.2, 0) is 11.2 Å². The predicted molar refractivity (Wildman–Crippen MR) is 105 cm³/mol. The van der Waals surface area contributed by atoms with Crippen LogP contribution >= 0.6 is 11.8 Å². The summed E-state index contributed by atoms with van der Waals surface area (Å²) in [4.78, 5) is 21.2. The molecule has 0 bridgehead atoms. The van der Waals surface area contributed by atoms with E-state index in [4.69, 9.17) is 4.74 Å². The van der Waals surface area contributed by atoms with Crippen molar-refractivity contribution in [3.05, 3.63) is 47.3 Å². The van der Waals surface area contributed by atoms with Gasteiger partial charge < -0.3 is 10.1 Å². The molecule has 142 valence electrons. The SMILES string of the molecule is CSc1nc2nc(C)c(CC(=O)NCCCOc3ccccc3)c(C)n2n1. The van der Waals surface area contributed by atoms with Gasteiger partial charge in [-0.15, -0.1) is 5.10 Å². The number of para-hydroxylation sites is 1. The molecule has 1 N–H and O–H groups in total. The van der Waals surface area contributed by atoms with Gasteiger partial charge in [-0.3, -0.25) is 4.79 Å². The van der Waals surface area contributed by atoms with Crippen LogP contribution in [0.25, 0.3) is 5.78 Å².